The van der Waals surface area contributed by atoms with E-state index in [9.17, 15) is 0 Å². The Kier molecular flexibility index (Phi) is 6.43. The van der Waals surface area contributed by atoms with Gasteiger partial charge in [-0.3, -0.25) is 9.97 Å². The van der Waals surface area contributed by atoms with Crippen molar-refractivity contribution in [2.45, 2.75) is 13.3 Å². The quantitative estimate of drug-likeness (QED) is 0.533. The Morgan fingerprint density at radius 1 is 1.00 bits per heavy atom. The molecule has 0 unspecified atom stereocenters. The number of halogens is 1. The Labute approximate surface area is 165 Å². The van der Waals surface area contributed by atoms with Gasteiger partial charge in [-0.1, -0.05) is 41.9 Å². The Hall–Kier alpha value is -2.43. The van der Waals surface area contributed by atoms with Crippen LogP contribution in [-0.2, 0) is 0 Å². The Bertz CT molecular complexity index is 912. The van der Waals surface area contributed by atoms with Crippen LogP contribution in [0.2, 0.25) is 5.02 Å². The minimum Gasteiger partial charge on any atom is -0.492 e. The van der Waals surface area contributed by atoms with Gasteiger partial charge in [0.1, 0.15) is 5.75 Å². The van der Waals surface area contributed by atoms with Crippen LogP contribution in [0.5, 0.6) is 5.75 Å². The van der Waals surface area contributed by atoms with Gasteiger partial charge in [-0.05, 0) is 45.1 Å². The van der Waals surface area contributed by atoms with E-state index in [0.29, 0.717) is 17.4 Å². The van der Waals surface area contributed by atoms with Crippen LogP contribution in [0.25, 0.3) is 22.5 Å². The van der Waals surface area contributed by atoms with Crippen LogP contribution in [0.4, 0.5) is 0 Å². The molecule has 0 N–H and O–H groups in total. The fourth-order valence-corrected chi connectivity index (χ4v) is 3.08. The molecule has 0 aliphatic heterocycles. The smallest absolute Gasteiger partial charge is 0.138 e. The molecule has 2 aromatic carbocycles. The van der Waals surface area contributed by atoms with Gasteiger partial charge in [0.15, 0.2) is 0 Å². The number of aryl methyl sites for hydroxylation is 1. The topological polar surface area (TPSA) is 38.3 Å². The second kappa shape index (κ2) is 8.98. The van der Waals surface area contributed by atoms with Gasteiger partial charge in [0.05, 0.1) is 23.0 Å². The van der Waals surface area contributed by atoms with Crippen molar-refractivity contribution in [1.82, 2.24) is 14.9 Å². The highest BCUT2D eigenvalue weighted by molar-refractivity contribution is 6.32. The second-order valence-corrected chi connectivity index (χ2v) is 7.13. The van der Waals surface area contributed by atoms with Crippen LogP contribution in [0, 0.1) is 6.92 Å². The highest BCUT2D eigenvalue weighted by atomic mass is 35.5. The molecule has 4 nitrogen and oxygen atoms in total. The lowest BCUT2D eigenvalue weighted by Crippen LogP contribution is -2.15. The molecule has 0 bridgehead atoms. The molecule has 0 atom stereocenters. The third-order valence-electron chi connectivity index (χ3n) is 4.31. The molecular formula is C22H24ClN3O. The minimum absolute atomic E-state index is 0.602. The summed E-state index contributed by atoms with van der Waals surface area (Å²) in [6.07, 6.45) is 4.37. The first-order chi connectivity index (χ1) is 13.1. The minimum atomic E-state index is 0.602. The van der Waals surface area contributed by atoms with Gasteiger partial charge in [0.25, 0.3) is 0 Å². The molecule has 0 saturated heterocycles. The normalized spacial score (nSPS) is 11.0. The maximum Gasteiger partial charge on any atom is 0.138 e. The lowest BCUT2D eigenvalue weighted by atomic mass is 10.0. The number of rotatable bonds is 7. The van der Waals surface area contributed by atoms with E-state index in [1.54, 1.807) is 12.4 Å². The lowest BCUT2D eigenvalue weighted by Gasteiger charge is -2.14. The van der Waals surface area contributed by atoms with E-state index >= 15 is 0 Å². The highest BCUT2D eigenvalue weighted by Gasteiger charge is 2.14. The van der Waals surface area contributed by atoms with Crippen LogP contribution < -0.4 is 4.74 Å². The first kappa shape index (κ1) is 19.3. The van der Waals surface area contributed by atoms with Crippen LogP contribution in [0.3, 0.4) is 0 Å². The van der Waals surface area contributed by atoms with Crippen molar-refractivity contribution in [3.8, 4) is 28.3 Å². The van der Waals surface area contributed by atoms with Crippen LogP contribution in [0.1, 0.15) is 12.0 Å². The average molecular weight is 382 g/mol. The largest absolute Gasteiger partial charge is 0.492 e. The number of aromatic nitrogens is 2. The van der Waals surface area contributed by atoms with Crippen molar-refractivity contribution in [3.63, 3.8) is 0 Å². The molecule has 0 aliphatic carbocycles. The summed E-state index contributed by atoms with van der Waals surface area (Å²) in [4.78, 5) is 11.3. The van der Waals surface area contributed by atoms with Gasteiger partial charge in [0, 0.05) is 30.1 Å². The predicted octanol–water partition coefficient (Wildman–Crippen LogP) is 5.10. The fraction of sp³-hybridized carbons (Fsp3) is 0.273. The summed E-state index contributed by atoms with van der Waals surface area (Å²) in [5.74, 6) is 0.675. The van der Waals surface area contributed by atoms with Gasteiger partial charge in [-0.25, -0.2) is 0 Å². The Morgan fingerprint density at radius 3 is 2.48 bits per heavy atom. The highest BCUT2D eigenvalue weighted by Crippen LogP contribution is 2.34. The van der Waals surface area contributed by atoms with E-state index in [1.807, 2.05) is 30.3 Å². The molecule has 140 valence electrons. The molecule has 3 rings (SSSR count). The molecule has 3 aromatic rings. The number of ether oxygens (including phenoxy) is 1. The molecule has 0 radical (unpaired) electrons. The molecule has 0 spiro atoms. The third-order valence-corrected chi connectivity index (χ3v) is 4.62. The molecular weight excluding hydrogens is 358 g/mol. The Morgan fingerprint density at radius 2 is 1.74 bits per heavy atom. The lowest BCUT2D eigenvalue weighted by molar-refractivity contribution is 0.282. The second-order valence-electron chi connectivity index (χ2n) is 6.72. The van der Waals surface area contributed by atoms with E-state index < -0.39 is 0 Å². The SMILES string of the molecule is Cc1ccccc1-c1nccnc1-c1ccc(Cl)c(OCCCN(C)C)c1. The van der Waals surface area contributed by atoms with E-state index in [-0.39, 0.29) is 0 Å². The molecule has 1 aromatic heterocycles. The zero-order valence-electron chi connectivity index (χ0n) is 15.9. The Balaban J connectivity index is 1.91. The molecule has 1 heterocycles. The summed E-state index contributed by atoms with van der Waals surface area (Å²) in [5, 5.41) is 0.602. The van der Waals surface area contributed by atoms with Crippen LogP contribution in [0.15, 0.2) is 54.9 Å². The van der Waals surface area contributed by atoms with Crippen LogP contribution >= 0.6 is 11.6 Å². The van der Waals surface area contributed by atoms with Crippen molar-refractivity contribution >= 4 is 11.6 Å². The fourth-order valence-electron chi connectivity index (χ4n) is 2.91. The number of nitrogens with zero attached hydrogens (tertiary/aromatic N) is 3. The summed E-state index contributed by atoms with van der Waals surface area (Å²) in [6.45, 7) is 3.67. The van der Waals surface area contributed by atoms with Gasteiger partial charge in [0.2, 0.25) is 0 Å². The molecule has 0 fully saturated rings. The van der Waals surface area contributed by atoms with Crippen LogP contribution in [-0.4, -0.2) is 42.1 Å². The van der Waals surface area contributed by atoms with Crippen molar-refractivity contribution in [3.05, 3.63) is 65.4 Å². The van der Waals surface area contributed by atoms with Crippen molar-refractivity contribution in [2.75, 3.05) is 27.2 Å². The average Bonchev–Trinajstić information content (AvgIpc) is 2.67. The van der Waals surface area contributed by atoms with Crippen molar-refractivity contribution < 1.29 is 4.74 Å². The van der Waals surface area contributed by atoms with E-state index in [2.05, 4.69) is 48.0 Å². The summed E-state index contributed by atoms with van der Waals surface area (Å²) in [7, 11) is 4.10. The first-order valence-electron chi connectivity index (χ1n) is 9.00. The summed E-state index contributed by atoms with van der Waals surface area (Å²) in [5.41, 5.74) is 4.85. The molecule has 0 amide bonds. The monoisotopic (exact) mass is 381 g/mol. The summed E-state index contributed by atoms with van der Waals surface area (Å²) >= 11 is 6.34. The number of hydrogen-bond acceptors (Lipinski definition) is 4. The van der Waals surface area contributed by atoms with E-state index in [4.69, 9.17) is 16.3 Å². The van der Waals surface area contributed by atoms with Gasteiger partial charge < -0.3 is 9.64 Å². The number of benzene rings is 2. The maximum atomic E-state index is 6.34. The molecule has 0 aliphatic rings. The molecule has 27 heavy (non-hydrogen) atoms. The van der Waals surface area contributed by atoms with Crippen molar-refractivity contribution in [2.24, 2.45) is 0 Å². The summed E-state index contributed by atoms with van der Waals surface area (Å²) in [6, 6.07) is 13.9. The summed E-state index contributed by atoms with van der Waals surface area (Å²) < 4.78 is 5.91. The van der Waals surface area contributed by atoms with Gasteiger partial charge in [-0.2, -0.15) is 0 Å². The van der Waals surface area contributed by atoms with Gasteiger partial charge in [-0.15, -0.1) is 0 Å². The van der Waals surface area contributed by atoms with E-state index in [0.717, 1.165) is 41.0 Å². The predicted molar refractivity (Wildman–Crippen MR) is 111 cm³/mol. The number of hydrogen-bond donors (Lipinski definition) is 0. The van der Waals surface area contributed by atoms with E-state index in [1.165, 1.54) is 0 Å². The maximum absolute atomic E-state index is 6.34. The third kappa shape index (κ3) is 4.85. The zero-order chi connectivity index (χ0) is 19.2. The molecule has 0 saturated carbocycles. The van der Waals surface area contributed by atoms with Gasteiger partial charge >= 0.3 is 0 Å². The zero-order valence-corrected chi connectivity index (χ0v) is 16.7. The first-order valence-corrected chi connectivity index (χ1v) is 9.38. The standard InChI is InChI=1S/C22H24ClN3O/c1-16-7-4-5-8-18(16)22-21(24-11-12-25-22)17-9-10-19(23)20(15-17)27-14-6-13-26(2)3/h4-5,7-12,15H,6,13-14H2,1-3H3. The van der Waals surface area contributed by atoms with Crippen molar-refractivity contribution in [1.29, 1.82) is 0 Å². The molecule has 5 heteroatoms.